The topological polar surface area (TPSA) is 40.5 Å². The third kappa shape index (κ3) is 5.27. The van der Waals surface area contributed by atoms with Crippen LogP contribution in [0.4, 0.5) is 0 Å². The molecule has 5 rings (SSSR count). The van der Waals surface area contributed by atoms with Gasteiger partial charge in [0.2, 0.25) is 0 Å². The molecule has 0 saturated heterocycles. The van der Waals surface area contributed by atoms with Crippen LogP contribution in [-0.4, -0.2) is 28.2 Å². The Balaban J connectivity index is 1.44. The van der Waals surface area contributed by atoms with Gasteiger partial charge in [0.05, 0.1) is 5.57 Å². The molecule has 4 heteroatoms. The summed E-state index contributed by atoms with van der Waals surface area (Å²) in [5, 5.41) is 12.5. The molecule has 1 N–H and O–H groups in total. The standard InChI is InChI=1S/C33H31NO2S/c35-32-30(26-16-6-1-7-17-26)31(27-18-8-2-9-19-27)33(36,28-20-10-3-11-21-28)34(32)24-14-5-15-25-37-29-22-12-4-13-23-29/h1-4,6-13,16-23,36H,5,14-15,24-25H2. The molecule has 4 aromatic rings. The molecule has 4 aromatic carbocycles. The van der Waals surface area contributed by atoms with Gasteiger partial charge in [-0.05, 0) is 41.9 Å². The largest absolute Gasteiger partial charge is 0.363 e. The van der Waals surface area contributed by atoms with Crippen LogP contribution in [-0.2, 0) is 10.5 Å². The molecule has 0 fully saturated rings. The highest BCUT2D eigenvalue weighted by atomic mass is 32.2. The van der Waals surface area contributed by atoms with Gasteiger partial charge in [0, 0.05) is 22.6 Å². The molecule has 0 aromatic heterocycles. The number of amides is 1. The molecule has 0 bridgehead atoms. The van der Waals surface area contributed by atoms with Crippen LogP contribution < -0.4 is 0 Å². The maximum atomic E-state index is 14.1. The second-order valence-electron chi connectivity index (χ2n) is 9.20. The predicted molar refractivity (Wildman–Crippen MR) is 153 cm³/mol. The summed E-state index contributed by atoms with van der Waals surface area (Å²) in [7, 11) is 0. The minimum atomic E-state index is -1.55. The van der Waals surface area contributed by atoms with Crippen molar-refractivity contribution in [2.45, 2.75) is 29.9 Å². The van der Waals surface area contributed by atoms with Crippen molar-refractivity contribution in [2.75, 3.05) is 12.3 Å². The molecule has 37 heavy (non-hydrogen) atoms. The summed E-state index contributed by atoms with van der Waals surface area (Å²) in [6, 6.07) is 39.5. The molecule has 0 radical (unpaired) electrons. The average molecular weight is 506 g/mol. The third-order valence-corrected chi connectivity index (χ3v) is 7.89. The summed E-state index contributed by atoms with van der Waals surface area (Å²) in [5.41, 5.74) is 2.04. The smallest absolute Gasteiger partial charge is 0.257 e. The lowest BCUT2D eigenvalue weighted by molar-refractivity contribution is -0.141. The Labute approximate surface area is 223 Å². The highest BCUT2D eigenvalue weighted by molar-refractivity contribution is 7.99. The number of rotatable bonds is 10. The highest BCUT2D eigenvalue weighted by Crippen LogP contribution is 2.50. The number of carbonyl (C=O) groups excluding carboxylic acids is 1. The minimum absolute atomic E-state index is 0.130. The molecule has 1 aliphatic heterocycles. The van der Waals surface area contributed by atoms with Crippen molar-refractivity contribution >= 4 is 28.8 Å². The number of hydrogen-bond acceptors (Lipinski definition) is 3. The van der Waals surface area contributed by atoms with Gasteiger partial charge in [0.15, 0.2) is 5.72 Å². The molecule has 0 saturated carbocycles. The van der Waals surface area contributed by atoms with Crippen LogP contribution in [0.15, 0.2) is 126 Å². The lowest BCUT2D eigenvalue weighted by atomic mass is 9.86. The third-order valence-electron chi connectivity index (χ3n) is 6.79. The van der Waals surface area contributed by atoms with Crippen molar-refractivity contribution in [1.29, 1.82) is 0 Å². The molecule has 186 valence electrons. The summed E-state index contributed by atoms with van der Waals surface area (Å²) in [6.45, 7) is 0.479. The van der Waals surface area contributed by atoms with Crippen LogP contribution in [0.3, 0.4) is 0 Å². The summed E-state index contributed by atoms with van der Waals surface area (Å²) < 4.78 is 0. The SMILES string of the molecule is O=C1C(c2ccccc2)=C(c2ccccc2)C(O)(c2ccccc2)N1CCCCCSc1ccccc1. The van der Waals surface area contributed by atoms with E-state index in [0.29, 0.717) is 23.3 Å². The van der Waals surface area contributed by atoms with E-state index in [1.165, 1.54) is 4.90 Å². The first-order chi connectivity index (χ1) is 18.2. The fourth-order valence-corrected chi connectivity index (χ4v) is 5.94. The summed E-state index contributed by atoms with van der Waals surface area (Å²) in [5.74, 6) is 0.902. The lowest BCUT2D eigenvalue weighted by Gasteiger charge is -2.37. The summed E-state index contributed by atoms with van der Waals surface area (Å²) in [6.07, 6.45) is 2.85. The first-order valence-corrected chi connectivity index (χ1v) is 13.8. The Morgan fingerprint density at radius 2 is 1.19 bits per heavy atom. The fourth-order valence-electron chi connectivity index (χ4n) is 5.01. The first-order valence-electron chi connectivity index (χ1n) is 12.8. The van der Waals surface area contributed by atoms with E-state index in [0.717, 1.165) is 36.1 Å². The van der Waals surface area contributed by atoms with Crippen LogP contribution in [0.25, 0.3) is 11.1 Å². The molecule has 0 aliphatic carbocycles. The van der Waals surface area contributed by atoms with E-state index < -0.39 is 5.72 Å². The molecule has 0 spiro atoms. The molecule has 1 atom stereocenters. The molecule has 1 aliphatic rings. The van der Waals surface area contributed by atoms with Crippen molar-refractivity contribution in [2.24, 2.45) is 0 Å². The predicted octanol–water partition coefficient (Wildman–Crippen LogP) is 7.25. The van der Waals surface area contributed by atoms with Gasteiger partial charge in [-0.2, -0.15) is 0 Å². The molecular formula is C33H31NO2S. The van der Waals surface area contributed by atoms with Crippen LogP contribution >= 0.6 is 11.8 Å². The van der Waals surface area contributed by atoms with Crippen molar-refractivity contribution < 1.29 is 9.90 Å². The minimum Gasteiger partial charge on any atom is -0.363 e. The normalized spacial score (nSPS) is 17.4. The summed E-state index contributed by atoms with van der Waals surface area (Å²) in [4.78, 5) is 17.0. The van der Waals surface area contributed by atoms with Gasteiger partial charge < -0.3 is 10.0 Å². The van der Waals surface area contributed by atoms with Crippen LogP contribution in [0, 0.1) is 0 Å². The van der Waals surface area contributed by atoms with Crippen molar-refractivity contribution in [3.05, 3.63) is 138 Å². The Morgan fingerprint density at radius 1 is 0.649 bits per heavy atom. The molecular weight excluding hydrogens is 474 g/mol. The van der Waals surface area contributed by atoms with Gasteiger partial charge in [-0.25, -0.2) is 0 Å². The van der Waals surface area contributed by atoms with Crippen molar-refractivity contribution in [1.82, 2.24) is 4.90 Å². The van der Waals surface area contributed by atoms with Gasteiger partial charge >= 0.3 is 0 Å². The van der Waals surface area contributed by atoms with Crippen LogP contribution in [0.2, 0.25) is 0 Å². The van der Waals surface area contributed by atoms with Gasteiger partial charge in [0.25, 0.3) is 5.91 Å². The second kappa shape index (κ2) is 11.6. The van der Waals surface area contributed by atoms with Crippen molar-refractivity contribution in [3.63, 3.8) is 0 Å². The van der Waals surface area contributed by atoms with E-state index in [4.69, 9.17) is 0 Å². The number of nitrogens with zero attached hydrogens (tertiary/aromatic N) is 1. The van der Waals surface area contributed by atoms with Gasteiger partial charge in [0.1, 0.15) is 0 Å². The van der Waals surface area contributed by atoms with E-state index in [1.54, 1.807) is 4.90 Å². The number of thioether (sulfide) groups is 1. The highest BCUT2D eigenvalue weighted by Gasteiger charge is 2.52. The summed E-state index contributed by atoms with van der Waals surface area (Å²) >= 11 is 1.86. The van der Waals surface area contributed by atoms with E-state index in [2.05, 4.69) is 24.3 Å². The zero-order chi connectivity index (χ0) is 25.5. The van der Waals surface area contributed by atoms with Gasteiger partial charge in [-0.3, -0.25) is 4.79 Å². The average Bonchev–Trinajstić information content (AvgIpc) is 3.19. The van der Waals surface area contributed by atoms with Gasteiger partial charge in [-0.1, -0.05) is 116 Å². The zero-order valence-corrected chi connectivity index (χ0v) is 21.6. The van der Waals surface area contributed by atoms with E-state index in [9.17, 15) is 9.90 Å². The Hall–Kier alpha value is -3.60. The second-order valence-corrected chi connectivity index (χ2v) is 10.4. The lowest BCUT2D eigenvalue weighted by Crippen LogP contribution is -2.46. The van der Waals surface area contributed by atoms with E-state index in [1.807, 2.05) is 109 Å². The number of hydrogen-bond donors (Lipinski definition) is 1. The number of benzene rings is 4. The number of aliphatic hydroxyl groups is 1. The Bertz CT molecular complexity index is 1340. The van der Waals surface area contributed by atoms with Gasteiger partial charge in [-0.15, -0.1) is 11.8 Å². The maximum absolute atomic E-state index is 14.1. The quantitative estimate of drug-likeness (QED) is 0.182. The molecule has 1 amide bonds. The van der Waals surface area contributed by atoms with Crippen molar-refractivity contribution in [3.8, 4) is 0 Å². The number of carbonyl (C=O) groups is 1. The zero-order valence-electron chi connectivity index (χ0n) is 20.8. The van der Waals surface area contributed by atoms with Crippen LogP contribution in [0.5, 0.6) is 0 Å². The Morgan fingerprint density at radius 3 is 1.81 bits per heavy atom. The molecule has 1 unspecified atom stereocenters. The molecule has 1 heterocycles. The monoisotopic (exact) mass is 505 g/mol. The molecule has 3 nitrogen and oxygen atoms in total. The van der Waals surface area contributed by atoms with Crippen LogP contribution in [0.1, 0.15) is 36.0 Å². The first kappa shape index (κ1) is 25.1. The number of unbranched alkanes of at least 4 members (excludes halogenated alkanes) is 2. The van der Waals surface area contributed by atoms with E-state index >= 15 is 0 Å². The Kier molecular flexibility index (Phi) is 7.88. The fraction of sp³-hybridized carbons (Fsp3) is 0.182. The van der Waals surface area contributed by atoms with E-state index in [-0.39, 0.29) is 5.91 Å². The maximum Gasteiger partial charge on any atom is 0.257 e.